The van der Waals surface area contributed by atoms with Gasteiger partial charge < -0.3 is 10.4 Å². The number of hydrogen-bond acceptors (Lipinski definition) is 5. The molecule has 2 N–H and O–H groups in total. The first-order chi connectivity index (χ1) is 12.2. The zero-order chi connectivity index (χ0) is 19.3. The van der Waals surface area contributed by atoms with Gasteiger partial charge in [-0.3, -0.25) is 9.78 Å². The van der Waals surface area contributed by atoms with Crippen LogP contribution in [0.1, 0.15) is 33.1 Å². The standard InChI is InChI=1S/C17H25N3O5S/c1-12(2)10-15(17(22)23)19-16(21)13-5-8-20(9-6-13)26(24,25)14-4-3-7-18-11-14/h3-4,7,11-13,15H,5-6,8-10H2,1-2H3,(H,19,21)(H,22,23). The van der Waals surface area contributed by atoms with Gasteiger partial charge in [-0.2, -0.15) is 4.31 Å². The van der Waals surface area contributed by atoms with Gasteiger partial charge in [-0.15, -0.1) is 0 Å². The molecular weight excluding hydrogens is 358 g/mol. The van der Waals surface area contributed by atoms with E-state index in [1.165, 1.54) is 22.8 Å². The molecule has 0 aromatic carbocycles. The molecule has 1 aliphatic heterocycles. The summed E-state index contributed by atoms with van der Waals surface area (Å²) in [5.41, 5.74) is 0. The molecule has 0 spiro atoms. The van der Waals surface area contributed by atoms with E-state index < -0.39 is 22.0 Å². The van der Waals surface area contributed by atoms with Gasteiger partial charge in [0, 0.05) is 31.4 Å². The summed E-state index contributed by atoms with van der Waals surface area (Å²) in [6.45, 7) is 4.22. The van der Waals surface area contributed by atoms with Crippen LogP contribution < -0.4 is 5.32 Å². The minimum atomic E-state index is -3.62. The second-order valence-corrected chi connectivity index (χ2v) is 8.83. The number of aromatic nitrogens is 1. The number of nitrogens with one attached hydrogen (secondary N) is 1. The lowest BCUT2D eigenvalue weighted by Crippen LogP contribution is -2.47. The molecule has 144 valence electrons. The predicted molar refractivity (Wildman–Crippen MR) is 94.7 cm³/mol. The highest BCUT2D eigenvalue weighted by molar-refractivity contribution is 7.89. The molecule has 1 aromatic heterocycles. The number of nitrogens with zero attached hydrogens (tertiary/aromatic N) is 2. The van der Waals surface area contributed by atoms with Crippen LogP contribution in [0.25, 0.3) is 0 Å². The Morgan fingerprint density at radius 1 is 1.35 bits per heavy atom. The lowest BCUT2D eigenvalue weighted by atomic mass is 9.96. The number of rotatable bonds is 7. The number of aliphatic carboxylic acids is 1. The van der Waals surface area contributed by atoms with Crippen LogP contribution in [0.2, 0.25) is 0 Å². The van der Waals surface area contributed by atoms with Gasteiger partial charge in [0.15, 0.2) is 0 Å². The molecule has 1 aromatic rings. The first-order valence-electron chi connectivity index (χ1n) is 8.65. The number of piperidine rings is 1. The van der Waals surface area contributed by atoms with Gasteiger partial charge in [-0.1, -0.05) is 13.8 Å². The fourth-order valence-electron chi connectivity index (χ4n) is 2.99. The average molecular weight is 383 g/mol. The van der Waals surface area contributed by atoms with E-state index >= 15 is 0 Å². The second-order valence-electron chi connectivity index (χ2n) is 6.90. The number of carboxylic acid groups (broad SMARTS) is 1. The normalized spacial score (nSPS) is 17.8. The van der Waals surface area contributed by atoms with Gasteiger partial charge in [0.2, 0.25) is 15.9 Å². The predicted octanol–water partition coefficient (Wildman–Crippen LogP) is 1.10. The van der Waals surface area contributed by atoms with E-state index in [2.05, 4.69) is 10.3 Å². The number of amides is 1. The third kappa shape index (κ3) is 5.01. The fourth-order valence-corrected chi connectivity index (χ4v) is 4.42. The van der Waals surface area contributed by atoms with Crippen molar-refractivity contribution in [1.29, 1.82) is 0 Å². The largest absolute Gasteiger partial charge is 0.480 e. The summed E-state index contributed by atoms with van der Waals surface area (Å²) in [5.74, 6) is -1.62. The molecule has 26 heavy (non-hydrogen) atoms. The Morgan fingerprint density at radius 2 is 2.00 bits per heavy atom. The van der Waals surface area contributed by atoms with Crippen molar-refractivity contribution < 1.29 is 23.1 Å². The van der Waals surface area contributed by atoms with Crippen molar-refractivity contribution in [1.82, 2.24) is 14.6 Å². The molecule has 1 amide bonds. The van der Waals surface area contributed by atoms with Crippen molar-refractivity contribution in [3.8, 4) is 0 Å². The van der Waals surface area contributed by atoms with E-state index in [1.54, 1.807) is 6.07 Å². The van der Waals surface area contributed by atoms with Gasteiger partial charge in [-0.25, -0.2) is 13.2 Å². The Balaban J connectivity index is 1.95. The lowest BCUT2D eigenvalue weighted by Gasteiger charge is -2.31. The number of carboxylic acids is 1. The van der Waals surface area contributed by atoms with Gasteiger partial charge in [0.1, 0.15) is 10.9 Å². The van der Waals surface area contributed by atoms with Crippen molar-refractivity contribution >= 4 is 21.9 Å². The Kier molecular flexibility index (Phi) is 6.71. The van der Waals surface area contributed by atoms with Crippen molar-refractivity contribution in [2.45, 2.75) is 44.0 Å². The fraction of sp³-hybridized carbons (Fsp3) is 0.588. The summed E-state index contributed by atoms with van der Waals surface area (Å²) < 4.78 is 26.5. The zero-order valence-electron chi connectivity index (χ0n) is 15.0. The molecule has 0 radical (unpaired) electrons. The Bertz CT molecular complexity index is 728. The summed E-state index contributed by atoms with van der Waals surface area (Å²) in [7, 11) is -3.62. The molecule has 1 saturated heterocycles. The van der Waals surface area contributed by atoms with Crippen LogP contribution in [0.3, 0.4) is 0 Å². The van der Waals surface area contributed by atoms with Crippen LogP contribution in [0, 0.1) is 11.8 Å². The highest BCUT2D eigenvalue weighted by Crippen LogP contribution is 2.23. The first kappa shape index (κ1) is 20.3. The molecule has 0 saturated carbocycles. The monoisotopic (exact) mass is 383 g/mol. The van der Waals surface area contributed by atoms with Gasteiger partial charge in [0.05, 0.1) is 0 Å². The van der Waals surface area contributed by atoms with E-state index in [4.69, 9.17) is 0 Å². The van der Waals surface area contributed by atoms with Crippen LogP contribution in [0.15, 0.2) is 29.4 Å². The quantitative estimate of drug-likeness (QED) is 0.728. The molecule has 1 unspecified atom stereocenters. The highest BCUT2D eigenvalue weighted by Gasteiger charge is 2.33. The molecule has 0 aliphatic carbocycles. The van der Waals surface area contributed by atoms with E-state index in [-0.39, 0.29) is 35.7 Å². The Hall–Kier alpha value is -2.00. The van der Waals surface area contributed by atoms with Crippen LogP contribution in [0.4, 0.5) is 0 Å². The van der Waals surface area contributed by atoms with Gasteiger partial charge in [-0.05, 0) is 37.3 Å². The van der Waals surface area contributed by atoms with E-state index in [0.717, 1.165) is 0 Å². The Labute approximate surface area is 153 Å². The van der Waals surface area contributed by atoms with Crippen LogP contribution >= 0.6 is 0 Å². The van der Waals surface area contributed by atoms with Crippen molar-refractivity contribution in [2.24, 2.45) is 11.8 Å². The third-order valence-corrected chi connectivity index (χ3v) is 6.30. The minimum absolute atomic E-state index is 0.130. The number of hydrogen-bond donors (Lipinski definition) is 2. The molecule has 8 nitrogen and oxygen atoms in total. The summed E-state index contributed by atoms with van der Waals surface area (Å²) >= 11 is 0. The topological polar surface area (TPSA) is 117 Å². The molecule has 1 aliphatic rings. The molecule has 1 fully saturated rings. The molecule has 9 heteroatoms. The molecular formula is C17H25N3O5S. The smallest absolute Gasteiger partial charge is 0.326 e. The van der Waals surface area contributed by atoms with Gasteiger partial charge in [0.25, 0.3) is 0 Å². The second kappa shape index (κ2) is 8.59. The van der Waals surface area contributed by atoms with Crippen molar-refractivity contribution in [3.63, 3.8) is 0 Å². The van der Waals surface area contributed by atoms with Crippen LogP contribution in [0.5, 0.6) is 0 Å². The number of carbonyl (C=O) groups excluding carboxylic acids is 1. The summed E-state index contributed by atoms with van der Waals surface area (Å²) in [5, 5.41) is 11.8. The van der Waals surface area contributed by atoms with E-state index in [9.17, 15) is 23.1 Å². The van der Waals surface area contributed by atoms with Crippen LogP contribution in [-0.2, 0) is 19.6 Å². The molecule has 2 rings (SSSR count). The van der Waals surface area contributed by atoms with Crippen LogP contribution in [-0.4, -0.2) is 53.8 Å². The summed E-state index contributed by atoms with van der Waals surface area (Å²) in [4.78, 5) is 27.6. The van der Waals surface area contributed by atoms with E-state index in [1.807, 2.05) is 13.8 Å². The Morgan fingerprint density at radius 3 is 2.50 bits per heavy atom. The number of carbonyl (C=O) groups is 2. The lowest BCUT2D eigenvalue weighted by molar-refractivity contribution is -0.143. The SMILES string of the molecule is CC(C)CC(NC(=O)C1CCN(S(=O)(=O)c2cccnc2)CC1)C(=O)O. The highest BCUT2D eigenvalue weighted by atomic mass is 32.2. The molecule has 1 atom stereocenters. The van der Waals surface area contributed by atoms with Gasteiger partial charge >= 0.3 is 5.97 Å². The summed E-state index contributed by atoms with van der Waals surface area (Å²) in [6.07, 6.45) is 3.89. The van der Waals surface area contributed by atoms with E-state index in [0.29, 0.717) is 19.3 Å². The number of pyridine rings is 1. The first-order valence-corrected chi connectivity index (χ1v) is 10.1. The summed E-state index contributed by atoms with van der Waals surface area (Å²) in [6, 6.07) is 2.14. The zero-order valence-corrected chi connectivity index (χ0v) is 15.8. The molecule has 2 heterocycles. The van der Waals surface area contributed by atoms with Crippen molar-refractivity contribution in [2.75, 3.05) is 13.1 Å². The minimum Gasteiger partial charge on any atom is -0.480 e. The maximum Gasteiger partial charge on any atom is 0.326 e. The average Bonchev–Trinajstić information content (AvgIpc) is 2.61. The maximum atomic E-state index is 12.6. The maximum absolute atomic E-state index is 12.6. The number of sulfonamides is 1. The molecule has 0 bridgehead atoms. The third-order valence-electron chi connectivity index (χ3n) is 4.42. The van der Waals surface area contributed by atoms with Crippen molar-refractivity contribution in [3.05, 3.63) is 24.5 Å².